The van der Waals surface area contributed by atoms with Crippen LogP contribution >= 0.6 is 11.8 Å². The van der Waals surface area contributed by atoms with Crippen LogP contribution in [0.3, 0.4) is 0 Å². The van der Waals surface area contributed by atoms with Crippen LogP contribution in [-0.2, 0) is 0 Å². The molecule has 2 aromatic heterocycles. The summed E-state index contributed by atoms with van der Waals surface area (Å²) in [5, 5.41) is 7.25. The molecular weight excluding hydrogens is 362 g/mol. The third-order valence-electron chi connectivity index (χ3n) is 4.09. The van der Waals surface area contributed by atoms with Gasteiger partial charge in [-0.05, 0) is 38.7 Å². The lowest BCUT2D eigenvalue weighted by molar-refractivity contribution is 0.102. The van der Waals surface area contributed by atoms with Crippen LogP contribution in [0, 0.1) is 20.8 Å². The van der Waals surface area contributed by atoms with Crippen LogP contribution in [-0.4, -0.2) is 31.4 Å². The quantitative estimate of drug-likeness (QED) is 0.660. The number of aromatic nitrogens is 4. The molecule has 1 aromatic carbocycles. The highest BCUT2D eigenvalue weighted by Crippen LogP contribution is 2.24. The van der Waals surface area contributed by atoms with Gasteiger partial charge in [0.2, 0.25) is 5.95 Å². The van der Waals surface area contributed by atoms with Gasteiger partial charge in [0.05, 0.1) is 11.3 Å². The lowest BCUT2D eigenvalue weighted by Crippen LogP contribution is -2.21. The molecule has 8 heteroatoms. The molecule has 2 heterocycles. The van der Waals surface area contributed by atoms with Crippen molar-refractivity contribution in [2.75, 3.05) is 11.1 Å². The molecule has 0 fully saturated rings. The van der Waals surface area contributed by atoms with Gasteiger partial charge < -0.3 is 5.32 Å². The van der Waals surface area contributed by atoms with Gasteiger partial charge >= 0.3 is 0 Å². The van der Waals surface area contributed by atoms with Crippen LogP contribution < -0.4 is 10.9 Å². The van der Waals surface area contributed by atoms with Crippen molar-refractivity contribution in [2.45, 2.75) is 32.6 Å². The number of aryl methyl sites for hydroxylation is 2. The summed E-state index contributed by atoms with van der Waals surface area (Å²) in [6, 6.07) is 9.19. The Bertz CT molecular complexity index is 1050. The minimum atomic E-state index is -0.237. The van der Waals surface area contributed by atoms with Crippen LogP contribution in [0.15, 0.2) is 40.0 Å². The molecule has 0 unspecified atom stereocenters. The molecule has 3 rings (SSSR count). The maximum atomic E-state index is 12.8. The average molecular weight is 383 g/mol. The van der Waals surface area contributed by atoms with Crippen LogP contribution in [0.2, 0.25) is 0 Å². The monoisotopic (exact) mass is 383 g/mol. The summed E-state index contributed by atoms with van der Waals surface area (Å²) in [4.78, 5) is 32.9. The van der Waals surface area contributed by atoms with Gasteiger partial charge in [0.25, 0.3) is 11.5 Å². The molecular formula is C19H21N5O2S. The number of nitrogens with one attached hydrogen (secondary N) is 2. The molecule has 140 valence electrons. The van der Waals surface area contributed by atoms with Gasteiger partial charge in [0.1, 0.15) is 5.82 Å². The maximum absolute atomic E-state index is 12.8. The molecule has 0 radical (unpaired) electrons. The number of carbonyl (C=O) groups excluding carboxylic acids is 1. The van der Waals surface area contributed by atoms with E-state index in [1.165, 1.54) is 4.68 Å². The van der Waals surface area contributed by atoms with Crippen LogP contribution in [0.5, 0.6) is 0 Å². The first-order chi connectivity index (χ1) is 12.9. The maximum Gasteiger partial charge on any atom is 0.257 e. The first-order valence-corrected chi connectivity index (χ1v) is 9.57. The number of hydrogen-bond donors (Lipinski definition) is 2. The van der Waals surface area contributed by atoms with Gasteiger partial charge in [-0.1, -0.05) is 19.1 Å². The van der Waals surface area contributed by atoms with E-state index in [4.69, 9.17) is 0 Å². The van der Waals surface area contributed by atoms with Crippen molar-refractivity contribution in [2.24, 2.45) is 0 Å². The molecule has 0 atom stereocenters. The minimum Gasteiger partial charge on any atom is -0.306 e. The van der Waals surface area contributed by atoms with E-state index < -0.39 is 0 Å². The zero-order valence-electron chi connectivity index (χ0n) is 15.7. The Morgan fingerprint density at radius 1 is 1.26 bits per heavy atom. The van der Waals surface area contributed by atoms with Crippen molar-refractivity contribution in [1.29, 1.82) is 0 Å². The third kappa shape index (κ3) is 3.95. The Hall–Kier alpha value is -2.87. The zero-order valence-corrected chi connectivity index (χ0v) is 16.5. The smallest absolute Gasteiger partial charge is 0.257 e. The highest BCUT2D eigenvalue weighted by Gasteiger charge is 2.17. The topological polar surface area (TPSA) is 92.7 Å². The van der Waals surface area contributed by atoms with E-state index >= 15 is 0 Å². The van der Waals surface area contributed by atoms with E-state index in [1.807, 2.05) is 32.0 Å². The van der Waals surface area contributed by atoms with Crippen LogP contribution in [0.1, 0.15) is 34.2 Å². The SMILES string of the molecule is CCSc1ccccc1C(=O)Nc1cc(C)nn1-c1nc(C)c(C)c(=O)[nH]1. The van der Waals surface area contributed by atoms with Crippen molar-refractivity contribution in [3.05, 3.63) is 63.2 Å². The van der Waals surface area contributed by atoms with Crippen molar-refractivity contribution in [3.8, 4) is 5.95 Å². The van der Waals surface area contributed by atoms with Gasteiger partial charge in [-0.25, -0.2) is 4.98 Å². The number of carbonyl (C=O) groups is 1. The predicted octanol–water partition coefficient (Wildman–Crippen LogP) is 3.25. The predicted molar refractivity (Wildman–Crippen MR) is 107 cm³/mol. The number of thioether (sulfide) groups is 1. The molecule has 0 spiro atoms. The summed E-state index contributed by atoms with van der Waals surface area (Å²) < 4.78 is 1.44. The number of hydrogen-bond acceptors (Lipinski definition) is 5. The van der Waals surface area contributed by atoms with Gasteiger partial charge in [-0.3, -0.25) is 14.6 Å². The number of amides is 1. The summed E-state index contributed by atoms with van der Waals surface area (Å²) in [5.41, 5.74) is 2.23. The third-order valence-corrected chi connectivity index (χ3v) is 5.04. The zero-order chi connectivity index (χ0) is 19.6. The molecule has 0 aliphatic carbocycles. The summed E-state index contributed by atoms with van der Waals surface area (Å²) in [5.74, 6) is 1.34. The van der Waals surface area contributed by atoms with E-state index in [9.17, 15) is 9.59 Å². The number of rotatable bonds is 5. The second-order valence-corrected chi connectivity index (χ2v) is 7.37. The standard InChI is InChI=1S/C19H21N5O2S/c1-5-27-15-9-7-6-8-14(15)18(26)21-16-10-11(2)23-24(16)19-20-13(4)12(3)17(25)22-19/h6-10H,5H2,1-4H3,(H,21,26)(H,20,22,25). The summed E-state index contributed by atoms with van der Waals surface area (Å²) >= 11 is 1.61. The molecule has 27 heavy (non-hydrogen) atoms. The number of aromatic amines is 1. The minimum absolute atomic E-state index is 0.229. The van der Waals surface area contributed by atoms with Crippen molar-refractivity contribution in [3.63, 3.8) is 0 Å². The Labute approximate surface area is 161 Å². The lowest BCUT2D eigenvalue weighted by atomic mass is 10.2. The molecule has 0 aliphatic heterocycles. The Morgan fingerprint density at radius 2 is 2.00 bits per heavy atom. The van der Waals surface area contributed by atoms with Crippen LogP contribution in [0.25, 0.3) is 5.95 Å². The molecule has 0 saturated carbocycles. The lowest BCUT2D eigenvalue weighted by Gasteiger charge is -2.11. The Morgan fingerprint density at radius 3 is 2.70 bits per heavy atom. The van der Waals surface area contributed by atoms with E-state index in [2.05, 4.69) is 20.4 Å². The molecule has 0 saturated heterocycles. The first-order valence-electron chi connectivity index (χ1n) is 8.58. The number of benzene rings is 1. The van der Waals surface area contributed by atoms with E-state index in [1.54, 1.807) is 37.7 Å². The molecule has 2 N–H and O–H groups in total. The van der Waals surface area contributed by atoms with Crippen molar-refractivity contribution in [1.82, 2.24) is 19.7 Å². The number of H-pyrrole nitrogens is 1. The fourth-order valence-corrected chi connectivity index (χ4v) is 3.40. The fourth-order valence-electron chi connectivity index (χ4n) is 2.60. The van der Waals surface area contributed by atoms with Gasteiger partial charge in [0.15, 0.2) is 0 Å². The molecule has 1 amide bonds. The van der Waals surface area contributed by atoms with Gasteiger partial charge in [0, 0.05) is 22.2 Å². The highest BCUT2D eigenvalue weighted by atomic mass is 32.2. The molecule has 7 nitrogen and oxygen atoms in total. The summed E-state index contributed by atoms with van der Waals surface area (Å²) in [6.07, 6.45) is 0. The number of anilines is 1. The van der Waals surface area contributed by atoms with Gasteiger partial charge in [-0.2, -0.15) is 9.78 Å². The largest absolute Gasteiger partial charge is 0.306 e. The van der Waals surface area contributed by atoms with Crippen LogP contribution in [0.4, 0.5) is 5.82 Å². The molecule has 3 aromatic rings. The first kappa shape index (κ1) is 18.9. The second kappa shape index (κ2) is 7.79. The Kier molecular flexibility index (Phi) is 5.46. The molecule has 0 aliphatic rings. The number of nitrogens with zero attached hydrogens (tertiary/aromatic N) is 3. The van der Waals surface area contributed by atoms with Gasteiger partial charge in [-0.15, -0.1) is 11.8 Å². The van der Waals surface area contributed by atoms with E-state index in [0.717, 1.165) is 10.6 Å². The van der Waals surface area contributed by atoms with Crippen molar-refractivity contribution < 1.29 is 4.79 Å². The Balaban J connectivity index is 1.98. The summed E-state index contributed by atoms with van der Waals surface area (Å²) in [7, 11) is 0. The second-order valence-electron chi connectivity index (χ2n) is 6.07. The van der Waals surface area contributed by atoms with E-state index in [-0.39, 0.29) is 17.4 Å². The highest BCUT2D eigenvalue weighted by molar-refractivity contribution is 7.99. The summed E-state index contributed by atoms with van der Waals surface area (Å²) in [6.45, 7) is 7.33. The normalized spacial score (nSPS) is 10.8. The fraction of sp³-hybridized carbons (Fsp3) is 0.263. The van der Waals surface area contributed by atoms with Crippen molar-refractivity contribution >= 4 is 23.5 Å². The average Bonchev–Trinajstić information content (AvgIpc) is 3.00. The molecule has 0 bridgehead atoms. The van der Waals surface area contributed by atoms with E-state index in [0.29, 0.717) is 28.3 Å².